The molecule has 1 fully saturated rings. The fraction of sp³-hybridized carbons (Fsp3) is 0.375. The molecule has 124 valence electrons. The van der Waals surface area contributed by atoms with Crippen LogP contribution in [0.4, 0.5) is 5.82 Å². The van der Waals surface area contributed by atoms with E-state index in [1.54, 1.807) is 24.6 Å². The summed E-state index contributed by atoms with van der Waals surface area (Å²) in [7, 11) is 0. The Labute approximate surface area is 138 Å². The fourth-order valence-electron chi connectivity index (χ4n) is 2.87. The number of furan rings is 1. The number of rotatable bonds is 5. The Morgan fingerprint density at radius 1 is 1.21 bits per heavy atom. The largest absolute Gasteiger partial charge is 0.459 e. The van der Waals surface area contributed by atoms with E-state index in [4.69, 9.17) is 8.83 Å². The van der Waals surface area contributed by atoms with Crippen molar-refractivity contribution in [3.8, 4) is 11.7 Å². The summed E-state index contributed by atoms with van der Waals surface area (Å²) in [5.41, 5.74) is 0. The number of hydrogen-bond acceptors (Lipinski definition) is 8. The van der Waals surface area contributed by atoms with Crippen LogP contribution < -0.4 is 10.2 Å². The van der Waals surface area contributed by atoms with Gasteiger partial charge in [0.15, 0.2) is 11.6 Å². The standard InChI is InChI=1S/C16H18N6O2/c1-6-14(19-18-7-1)22-8-2-4-12(11-22)17-10-15-20-21-16(24-15)13-5-3-9-23-13/h1,3,5-7,9,12,17H,2,4,8,10-11H2/t12-/m1/s1. The Kier molecular flexibility index (Phi) is 4.20. The molecule has 0 unspecified atom stereocenters. The average Bonchev–Trinajstić information content (AvgIpc) is 3.32. The number of anilines is 1. The van der Waals surface area contributed by atoms with Gasteiger partial charge in [0.1, 0.15) is 0 Å². The molecule has 1 N–H and O–H groups in total. The second kappa shape index (κ2) is 6.79. The SMILES string of the molecule is c1cnnc(N2CCC[C@@H](NCc3nnc(-c4ccco4)o3)C2)c1. The van der Waals surface area contributed by atoms with E-state index in [1.165, 1.54) is 0 Å². The summed E-state index contributed by atoms with van der Waals surface area (Å²) in [6.45, 7) is 2.42. The second-order valence-corrected chi connectivity index (χ2v) is 5.73. The third-order valence-corrected chi connectivity index (χ3v) is 4.04. The van der Waals surface area contributed by atoms with Gasteiger partial charge in [-0.2, -0.15) is 5.10 Å². The first-order valence-corrected chi connectivity index (χ1v) is 8.01. The van der Waals surface area contributed by atoms with Crippen LogP contribution in [-0.2, 0) is 6.54 Å². The molecule has 0 radical (unpaired) electrons. The van der Waals surface area contributed by atoms with Crippen molar-refractivity contribution in [3.63, 3.8) is 0 Å². The highest BCUT2D eigenvalue weighted by molar-refractivity contribution is 5.42. The number of hydrogen-bond donors (Lipinski definition) is 1. The monoisotopic (exact) mass is 326 g/mol. The van der Waals surface area contributed by atoms with Gasteiger partial charge in [-0.15, -0.1) is 15.3 Å². The molecule has 0 aliphatic carbocycles. The van der Waals surface area contributed by atoms with Crippen molar-refractivity contribution < 1.29 is 8.83 Å². The van der Waals surface area contributed by atoms with E-state index in [1.807, 2.05) is 12.1 Å². The molecule has 4 rings (SSSR count). The summed E-state index contributed by atoms with van der Waals surface area (Å²) < 4.78 is 10.9. The zero-order valence-electron chi connectivity index (χ0n) is 13.1. The van der Waals surface area contributed by atoms with Crippen LogP contribution in [-0.4, -0.2) is 39.5 Å². The molecule has 1 aliphatic rings. The minimum absolute atomic E-state index is 0.347. The molecule has 1 atom stereocenters. The van der Waals surface area contributed by atoms with Gasteiger partial charge < -0.3 is 19.1 Å². The first-order valence-electron chi connectivity index (χ1n) is 8.01. The van der Waals surface area contributed by atoms with Gasteiger partial charge in [0.05, 0.1) is 12.8 Å². The van der Waals surface area contributed by atoms with Crippen molar-refractivity contribution in [1.29, 1.82) is 0 Å². The fourth-order valence-corrected chi connectivity index (χ4v) is 2.87. The predicted molar refractivity (Wildman–Crippen MR) is 86.1 cm³/mol. The molecular formula is C16H18N6O2. The first kappa shape index (κ1) is 14.8. The summed E-state index contributed by atoms with van der Waals surface area (Å²) in [4.78, 5) is 2.25. The van der Waals surface area contributed by atoms with Crippen LogP contribution in [0.1, 0.15) is 18.7 Å². The Morgan fingerprint density at radius 3 is 3.04 bits per heavy atom. The molecule has 1 saturated heterocycles. The zero-order valence-corrected chi connectivity index (χ0v) is 13.1. The highest BCUT2D eigenvalue weighted by Crippen LogP contribution is 2.19. The van der Waals surface area contributed by atoms with E-state index in [0.29, 0.717) is 30.1 Å². The Bertz CT molecular complexity index is 758. The summed E-state index contributed by atoms with van der Waals surface area (Å²) in [6.07, 6.45) is 5.49. The maximum Gasteiger partial charge on any atom is 0.283 e. The summed E-state index contributed by atoms with van der Waals surface area (Å²) in [5.74, 6) is 2.46. The second-order valence-electron chi connectivity index (χ2n) is 5.73. The number of piperidine rings is 1. The molecule has 3 aromatic rings. The van der Waals surface area contributed by atoms with E-state index in [2.05, 4.69) is 30.6 Å². The van der Waals surface area contributed by atoms with E-state index in [-0.39, 0.29) is 0 Å². The van der Waals surface area contributed by atoms with Gasteiger partial charge >= 0.3 is 0 Å². The van der Waals surface area contributed by atoms with Crippen LogP contribution >= 0.6 is 0 Å². The maximum atomic E-state index is 5.62. The summed E-state index contributed by atoms with van der Waals surface area (Å²) in [5, 5.41) is 19.7. The van der Waals surface area contributed by atoms with E-state index in [0.717, 1.165) is 31.7 Å². The molecule has 4 heterocycles. The lowest BCUT2D eigenvalue weighted by Gasteiger charge is -2.33. The van der Waals surface area contributed by atoms with E-state index in [9.17, 15) is 0 Å². The number of nitrogens with one attached hydrogen (secondary N) is 1. The van der Waals surface area contributed by atoms with Crippen molar-refractivity contribution in [2.45, 2.75) is 25.4 Å². The molecule has 0 amide bonds. The highest BCUT2D eigenvalue weighted by Gasteiger charge is 2.21. The molecular weight excluding hydrogens is 308 g/mol. The van der Waals surface area contributed by atoms with Crippen LogP contribution in [0.25, 0.3) is 11.7 Å². The topological polar surface area (TPSA) is 93.1 Å². The molecule has 0 spiro atoms. The number of aromatic nitrogens is 4. The van der Waals surface area contributed by atoms with Gasteiger partial charge in [-0.1, -0.05) is 0 Å². The average molecular weight is 326 g/mol. The Morgan fingerprint density at radius 2 is 2.21 bits per heavy atom. The third-order valence-electron chi connectivity index (χ3n) is 4.04. The lowest BCUT2D eigenvalue weighted by Crippen LogP contribution is -2.45. The van der Waals surface area contributed by atoms with Crippen LogP contribution in [0, 0.1) is 0 Å². The summed E-state index contributed by atoms with van der Waals surface area (Å²) >= 11 is 0. The smallest absolute Gasteiger partial charge is 0.283 e. The van der Waals surface area contributed by atoms with Gasteiger partial charge in [0, 0.05) is 25.3 Å². The van der Waals surface area contributed by atoms with E-state index < -0.39 is 0 Å². The molecule has 0 aromatic carbocycles. The number of nitrogens with zero attached hydrogens (tertiary/aromatic N) is 5. The summed E-state index contributed by atoms with van der Waals surface area (Å²) in [6, 6.07) is 7.84. The van der Waals surface area contributed by atoms with Gasteiger partial charge in [0.2, 0.25) is 5.89 Å². The van der Waals surface area contributed by atoms with Crippen LogP contribution in [0.5, 0.6) is 0 Å². The molecule has 1 aliphatic heterocycles. The van der Waals surface area contributed by atoms with Gasteiger partial charge in [-0.05, 0) is 37.1 Å². The van der Waals surface area contributed by atoms with Crippen molar-refractivity contribution in [1.82, 2.24) is 25.7 Å². The van der Waals surface area contributed by atoms with Crippen molar-refractivity contribution in [2.24, 2.45) is 0 Å². The molecule has 24 heavy (non-hydrogen) atoms. The van der Waals surface area contributed by atoms with Crippen molar-refractivity contribution >= 4 is 5.82 Å². The van der Waals surface area contributed by atoms with Gasteiger partial charge in [-0.3, -0.25) is 0 Å². The first-order chi connectivity index (χ1) is 11.9. The molecule has 3 aromatic heterocycles. The lowest BCUT2D eigenvalue weighted by atomic mass is 10.1. The lowest BCUT2D eigenvalue weighted by molar-refractivity contribution is 0.388. The Balaban J connectivity index is 1.34. The predicted octanol–water partition coefficient (Wildman–Crippen LogP) is 1.88. The highest BCUT2D eigenvalue weighted by atomic mass is 16.4. The van der Waals surface area contributed by atoms with E-state index >= 15 is 0 Å². The minimum Gasteiger partial charge on any atom is -0.459 e. The van der Waals surface area contributed by atoms with Crippen LogP contribution in [0.2, 0.25) is 0 Å². The third kappa shape index (κ3) is 3.28. The van der Waals surface area contributed by atoms with Crippen molar-refractivity contribution in [3.05, 3.63) is 42.6 Å². The van der Waals surface area contributed by atoms with Gasteiger partial charge in [0.25, 0.3) is 5.89 Å². The zero-order chi connectivity index (χ0) is 16.2. The quantitative estimate of drug-likeness (QED) is 0.759. The molecule has 8 heteroatoms. The molecule has 8 nitrogen and oxygen atoms in total. The normalized spacial score (nSPS) is 18.0. The maximum absolute atomic E-state index is 5.62. The van der Waals surface area contributed by atoms with Gasteiger partial charge in [-0.25, -0.2) is 0 Å². The minimum atomic E-state index is 0.347. The molecule has 0 bridgehead atoms. The Hall–Kier alpha value is -2.74. The van der Waals surface area contributed by atoms with Crippen LogP contribution in [0.15, 0.2) is 45.6 Å². The van der Waals surface area contributed by atoms with Crippen molar-refractivity contribution in [2.75, 3.05) is 18.0 Å². The van der Waals surface area contributed by atoms with Crippen LogP contribution in [0.3, 0.4) is 0 Å². The molecule has 0 saturated carbocycles.